The van der Waals surface area contributed by atoms with Crippen molar-refractivity contribution in [2.45, 2.75) is 96.5 Å². The van der Waals surface area contributed by atoms with Gasteiger partial charge in [0.1, 0.15) is 6.10 Å². The maximum absolute atomic E-state index is 11.5. The lowest BCUT2D eigenvalue weighted by Crippen LogP contribution is -2.22. The molecule has 0 N–H and O–H groups in total. The quantitative estimate of drug-likeness (QED) is 0.404. The fraction of sp³-hybridized carbons (Fsp3) is 0.895. The lowest BCUT2D eigenvalue weighted by Gasteiger charge is -2.21. The van der Waals surface area contributed by atoms with Gasteiger partial charge < -0.3 is 9.47 Å². The molecule has 1 fully saturated rings. The molecule has 0 aromatic heterocycles. The normalized spacial score (nSPS) is 21.6. The Morgan fingerprint density at radius 3 is 2.35 bits per heavy atom. The fourth-order valence-electron chi connectivity index (χ4n) is 3.22. The molecule has 1 rings (SSSR count). The number of ether oxygens (including phenoxy) is 2. The van der Waals surface area contributed by atoms with E-state index in [1.807, 2.05) is 0 Å². The van der Waals surface area contributed by atoms with Gasteiger partial charge in [-0.25, -0.2) is 0 Å². The second kappa shape index (κ2) is 12.4. The fourth-order valence-corrected chi connectivity index (χ4v) is 3.22. The van der Waals surface area contributed by atoms with E-state index in [-0.39, 0.29) is 18.0 Å². The molecule has 1 saturated heterocycles. The molecule has 23 heavy (non-hydrogen) atoms. The van der Waals surface area contributed by atoms with E-state index in [1.165, 1.54) is 39.2 Å². The number of carbonyl (C=O) groups is 2. The Hall–Kier alpha value is -1.06. The van der Waals surface area contributed by atoms with Crippen LogP contribution < -0.4 is 0 Å². The Bertz CT molecular complexity index is 340. The topological polar surface area (TPSA) is 52.6 Å². The molecule has 0 amide bonds. The number of hydrogen-bond acceptors (Lipinski definition) is 4. The zero-order chi connectivity index (χ0) is 16.9. The SMILES string of the molecule is COC(=O)CCCCCCCCCCC1OC(=O)CCCC1C. The number of carbonyl (C=O) groups excluding carboxylic acids is 2. The van der Waals surface area contributed by atoms with Crippen LogP contribution in [-0.2, 0) is 19.1 Å². The first kappa shape index (κ1) is 20.0. The number of methoxy groups -OCH3 is 1. The third kappa shape index (κ3) is 9.62. The number of rotatable bonds is 11. The van der Waals surface area contributed by atoms with Crippen molar-refractivity contribution in [3.63, 3.8) is 0 Å². The van der Waals surface area contributed by atoms with Gasteiger partial charge in [0, 0.05) is 12.8 Å². The first-order valence-corrected chi connectivity index (χ1v) is 9.39. The summed E-state index contributed by atoms with van der Waals surface area (Å²) in [5.41, 5.74) is 0. The molecule has 0 aromatic rings. The number of hydrogen-bond donors (Lipinski definition) is 0. The highest BCUT2D eigenvalue weighted by molar-refractivity contribution is 5.69. The number of unbranched alkanes of at least 4 members (excludes halogenated alkanes) is 7. The van der Waals surface area contributed by atoms with Crippen molar-refractivity contribution in [3.05, 3.63) is 0 Å². The Morgan fingerprint density at radius 2 is 1.70 bits per heavy atom. The molecule has 0 aromatic carbocycles. The van der Waals surface area contributed by atoms with Gasteiger partial charge >= 0.3 is 11.9 Å². The van der Waals surface area contributed by atoms with E-state index < -0.39 is 0 Å². The molecule has 1 aliphatic rings. The van der Waals surface area contributed by atoms with Crippen molar-refractivity contribution in [1.29, 1.82) is 0 Å². The Morgan fingerprint density at radius 1 is 1.09 bits per heavy atom. The van der Waals surface area contributed by atoms with Gasteiger partial charge in [-0.15, -0.1) is 0 Å². The van der Waals surface area contributed by atoms with Crippen LogP contribution in [0.4, 0.5) is 0 Å². The minimum atomic E-state index is -0.0987. The minimum Gasteiger partial charge on any atom is -0.469 e. The predicted molar refractivity (Wildman–Crippen MR) is 91.1 cm³/mol. The van der Waals surface area contributed by atoms with E-state index >= 15 is 0 Å². The second-order valence-corrected chi connectivity index (χ2v) is 6.84. The lowest BCUT2D eigenvalue weighted by atomic mass is 9.94. The summed E-state index contributed by atoms with van der Waals surface area (Å²) in [7, 11) is 1.44. The molecule has 0 spiro atoms. The second-order valence-electron chi connectivity index (χ2n) is 6.84. The first-order valence-electron chi connectivity index (χ1n) is 9.39. The summed E-state index contributed by atoms with van der Waals surface area (Å²) in [6.07, 6.45) is 13.8. The van der Waals surface area contributed by atoms with E-state index in [0.29, 0.717) is 18.8 Å². The van der Waals surface area contributed by atoms with E-state index in [4.69, 9.17) is 4.74 Å². The van der Waals surface area contributed by atoms with Crippen LogP contribution in [0.15, 0.2) is 0 Å². The van der Waals surface area contributed by atoms with Crippen molar-refractivity contribution < 1.29 is 19.1 Å². The molecule has 2 atom stereocenters. The predicted octanol–water partition coefficient (Wildman–Crippen LogP) is 4.79. The molecule has 0 saturated carbocycles. The van der Waals surface area contributed by atoms with E-state index in [0.717, 1.165) is 38.5 Å². The average Bonchev–Trinajstić information content (AvgIpc) is 2.70. The standard InChI is InChI=1S/C19H34O4/c1-16-12-11-15-19(21)23-17(16)13-9-7-5-3-4-6-8-10-14-18(20)22-2/h16-17H,3-15H2,1-2H3. The van der Waals surface area contributed by atoms with Crippen molar-refractivity contribution in [2.75, 3.05) is 7.11 Å². The van der Waals surface area contributed by atoms with Gasteiger partial charge in [0.15, 0.2) is 0 Å². The van der Waals surface area contributed by atoms with Gasteiger partial charge in [-0.2, -0.15) is 0 Å². The number of cyclic esters (lactones) is 1. The van der Waals surface area contributed by atoms with Gasteiger partial charge in [-0.05, 0) is 38.0 Å². The van der Waals surface area contributed by atoms with Crippen molar-refractivity contribution in [2.24, 2.45) is 5.92 Å². The lowest BCUT2D eigenvalue weighted by molar-refractivity contribution is -0.150. The highest BCUT2D eigenvalue weighted by atomic mass is 16.5. The molecule has 4 nitrogen and oxygen atoms in total. The van der Waals surface area contributed by atoms with Gasteiger partial charge in [0.2, 0.25) is 0 Å². The van der Waals surface area contributed by atoms with Crippen LogP contribution in [0.3, 0.4) is 0 Å². The average molecular weight is 326 g/mol. The summed E-state index contributed by atoms with van der Waals surface area (Å²) < 4.78 is 10.2. The molecule has 0 bridgehead atoms. The van der Waals surface area contributed by atoms with Crippen LogP contribution in [0, 0.1) is 5.92 Å². The summed E-state index contributed by atoms with van der Waals surface area (Å²) in [6.45, 7) is 2.21. The van der Waals surface area contributed by atoms with Crippen LogP contribution in [0.5, 0.6) is 0 Å². The first-order chi connectivity index (χ1) is 11.1. The van der Waals surface area contributed by atoms with Crippen LogP contribution in [0.25, 0.3) is 0 Å². The molecule has 4 heteroatoms. The van der Waals surface area contributed by atoms with Gasteiger partial charge in [0.25, 0.3) is 0 Å². The van der Waals surface area contributed by atoms with Gasteiger partial charge in [0.05, 0.1) is 7.11 Å². The molecular formula is C19H34O4. The molecule has 0 aliphatic carbocycles. The molecule has 0 radical (unpaired) electrons. The molecule has 1 heterocycles. The number of esters is 2. The monoisotopic (exact) mass is 326 g/mol. The summed E-state index contributed by atoms with van der Waals surface area (Å²) in [4.78, 5) is 22.5. The maximum Gasteiger partial charge on any atom is 0.306 e. The van der Waals surface area contributed by atoms with Crippen molar-refractivity contribution >= 4 is 11.9 Å². The highest BCUT2D eigenvalue weighted by Gasteiger charge is 2.24. The largest absolute Gasteiger partial charge is 0.469 e. The molecular weight excluding hydrogens is 292 g/mol. The Balaban J connectivity index is 1.92. The Labute approximate surface area is 141 Å². The van der Waals surface area contributed by atoms with E-state index in [9.17, 15) is 9.59 Å². The Kier molecular flexibility index (Phi) is 10.8. The van der Waals surface area contributed by atoms with Crippen molar-refractivity contribution in [1.82, 2.24) is 0 Å². The minimum absolute atomic E-state index is 0.00805. The highest BCUT2D eigenvalue weighted by Crippen LogP contribution is 2.25. The van der Waals surface area contributed by atoms with Crippen LogP contribution >= 0.6 is 0 Å². The molecule has 2 unspecified atom stereocenters. The summed E-state index contributed by atoms with van der Waals surface area (Å²) >= 11 is 0. The molecule has 134 valence electrons. The van der Waals surface area contributed by atoms with Crippen LogP contribution in [0.2, 0.25) is 0 Å². The van der Waals surface area contributed by atoms with Crippen LogP contribution in [0.1, 0.15) is 90.4 Å². The third-order valence-electron chi connectivity index (χ3n) is 4.81. The smallest absolute Gasteiger partial charge is 0.306 e. The van der Waals surface area contributed by atoms with E-state index in [1.54, 1.807) is 0 Å². The van der Waals surface area contributed by atoms with Gasteiger partial charge in [-0.3, -0.25) is 9.59 Å². The zero-order valence-corrected chi connectivity index (χ0v) is 15.0. The maximum atomic E-state index is 11.5. The zero-order valence-electron chi connectivity index (χ0n) is 15.0. The molecule has 1 aliphatic heterocycles. The summed E-state index contributed by atoms with van der Waals surface area (Å²) in [5.74, 6) is 0.404. The third-order valence-corrected chi connectivity index (χ3v) is 4.81. The van der Waals surface area contributed by atoms with E-state index in [2.05, 4.69) is 11.7 Å². The van der Waals surface area contributed by atoms with Crippen molar-refractivity contribution in [3.8, 4) is 0 Å². The van der Waals surface area contributed by atoms with Crippen LogP contribution in [-0.4, -0.2) is 25.2 Å². The summed E-state index contributed by atoms with van der Waals surface area (Å²) in [5, 5.41) is 0. The van der Waals surface area contributed by atoms with Gasteiger partial charge in [-0.1, -0.05) is 45.4 Å². The summed E-state index contributed by atoms with van der Waals surface area (Å²) in [6, 6.07) is 0.